The maximum absolute atomic E-state index is 14.3. The zero-order chi connectivity index (χ0) is 24.7. The van der Waals surface area contributed by atoms with Gasteiger partial charge >= 0.3 is 11.9 Å². The van der Waals surface area contributed by atoms with Crippen molar-refractivity contribution < 1.29 is 26.8 Å². The van der Waals surface area contributed by atoms with Crippen LogP contribution < -0.4 is 21.7 Å². The summed E-state index contributed by atoms with van der Waals surface area (Å²) in [5.74, 6) is -2.71. The molecule has 0 atom stereocenters. The normalized spacial score (nSPS) is 13.6. The van der Waals surface area contributed by atoms with Crippen LogP contribution in [0.15, 0.2) is 51.8 Å². The third kappa shape index (κ3) is 4.93. The molecule has 13 heteroatoms. The van der Waals surface area contributed by atoms with E-state index >= 15 is 0 Å². The van der Waals surface area contributed by atoms with E-state index in [1.165, 1.54) is 24.3 Å². The highest BCUT2D eigenvalue weighted by atomic mass is 19.4. The number of fused-ring (bicyclic) bond motifs is 1. The third-order valence-corrected chi connectivity index (χ3v) is 5.16. The largest absolute Gasteiger partial charge is 0.417 e. The van der Waals surface area contributed by atoms with Crippen LogP contribution in [0, 0.1) is 5.82 Å². The summed E-state index contributed by atoms with van der Waals surface area (Å²) in [4.78, 5) is 33.8. The van der Waals surface area contributed by atoms with Crippen LogP contribution in [0.3, 0.4) is 0 Å². The number of nitrogens with zero attached hydrogens (tertiary/aromatic N) is 2. The van der Waals surface area contributed by atoms with Crippen molar-refractivity contribution in [1.82, 2.24) is 20.3 Å². The van der Waals surface area contributed by atoms with Gasteiger partial charge in [-0.15, -0.1) is 0 Å². The van der Waals surface area contributed by atoms with Gasteiger partial charge in [0.05, 0.1) is 22.8 Å². The molecule has 5 rings (SSSR count). The summed E-state index contributed by atoms with van der Waals surface area (Å²) in [6.07, 6.45) is -2.47. The minimum Gasteiger partial charge on any atom is -0.408 e. The number of amides is 1. The SMILES string of the molecule is O=C(NC1CC1)c1ccc(Nc2ncc(F)c(Nc3ccc4oc(=O)[nH]c4c3)n2)cc1C(F)(F)F. The average Bonchev–Trinajstić information content (AvgIpc) is 3.53. The first kappa shape index (κ1) is 22.4. The number of nitrogens with one attached hydrogen (secondary N) is 4. The van der Waals surface area contributed by atoms with Gasteiger partial charge in [0.15, 0.2) is 17.2 Å². The van der Waals surface area contributed by atoms with E-state index in [1.807, 2.05) is 0 Å². The molecule has 1 amide bonds. The lowest BCUT2D eigenvalue weighted by Crippen LogP contribution is -2.28. The molecule has 0 bridgehead atoms. The summed E-state index contributed by atoms with van der Waals surface area (Å²) in [5.41, 5.74) is -0.619. The number of H-pyrrole nitrogens is 1. The quantitative estimate of drug-likeness (QED) is 0.296. The molecule has 2 aromatic heterocycles. The van der Waals surface area contributed by atoms with E-state index in [9.17, 15) is 27.2 Å². The number of hydrogen-bond acceptors (Lipinski definition) is 7. The van der Waals surface area contributed by atoms with Crippen LogP contribution >= 0.6 is 0 Å². The summed E-state index contributed by atoms with van der Waals surface area (Å²) in [7, 11) is 0. The van der Waals surface area contributed by atoms with Crippen molar-refractivity contribution >= 4 is 40.1 Å². The lowest BCUT2D eigenvalue weighted by Gasteiger charge is -2.15. The molecule has 180 valence electrons. The Morgan fingerprint density at radius 2 is 1.83 bits per heavy atom. The van der Waals surface area contributed by atoms with Crippen molar-refractivity contribution in [3.05, 3.63) is 70.1 Å². The van der Waals surface area contributed by atoms with Crippen LogP contribution in [0.2, 0.25) is 0 Å². The zero-order valence-corrected chi connectivity index (χ0v) is 17.7. The minimum atomic E-state index is -4.78. The molecule has 1 saturated carbocycles. The average molecular weight is 488 g/mol. The molecule has 0 radical (unpaired) electrons. The zero-order valence-electron chi connectivity index (χ0n) is 17.7. The lowest BCUT2D eigenvalue weighted by atomic mass is 10.1. The van der Waals surface area contributed by atoms with Crippen molar-refractivity contribution in [2.45, 2.75) is 25.1 Å². The highest BCUT2D eigenvalue weighted by Crippen LogP contribution is 2.35. The topological polar surface area (TPSA) is 125 Å². The Bertz CT molecular complexity index is 1490. The van der Waals surface area contributed by atoms with E-state index in [4.69, 9.17) is 4.42 Å². The van der Waals surface area contributed by atoms with Gasteiger partial charge in [-0.05, 0) is 49.2 Å². The van der Waals surface area contributed by atoms with Crippen molar-refractivity contribution in [2.24, 2.45) is 0 Å². The molecule has 2 heterocycles. The van der Waals surface area contributed by atoms with Gasteiger partial charge in [0.1, 0.15) is 0 Å². The molecular weight excluding hydrogens is 472 g/mol. The van der Waals surface area contributed by atoms with Gasteiger partial charge in [0.2, 0.25) is 5.95 Å². The second kappa shape index (κ2) is 8.42. The molecule has 1 fully saturated rings. The van der Waals surface area contributed by atoms with Gasteiger partial charge in [-0.1, -0.05) is 0 Å². The van der Waals surface area contributed by atoms with Crippen LogP contribution in [0.25, 0.3) is 11.1 Å². The molecule has 4 N–H and O–H groups in total. The Balaban J connectivity index is 1.40. The fourth-order valence-electron chi connectivity index (χ4n) is 3.36. The van der Waals surface area contributed by atoms with Crippen LogP contribution in [-0.2, 0) is 6.18 Å². The number of oxazole rings is 1. The van der Waals surface area contributed by atoms with Crippen LogP contribution in [-0.4, -0.2) is 26.9 Å². The number of anilines is 4. The summed E-state index contributed by atoms with van der Waals surface area (Å²) >= 11 is 0. The van der Waals surface area contributed by atoms with Gasteiger partial charge in [0.25, 0.3) is 5.91 Å². The van der Waals surface area contributed by atoms with Gasteiger partial charge in [-0.25, -0.2) is 14.2 Å². The molecule has 9 nitrogen and oxygen atoms in total. The first-order chi connectivity index (χ1) is 16.7. The fraction of sp³-hybridized carbons (Fsp3) is 0.182. The molecule has 0 spiro atoms. The first-order valence-electron chi connectivity index (χ1n) is 10.4. The maximum atomic E-state index is 14.3. The summed E-state index contributed by atoms with van der Waals surface area (Å²) in [5, 5.41) is 7.86. The highest BCUT2D eigenvalue weighted by Gasteiger charge is 2.36. The molecule has 0 saturated heterocycles. The molecule has 0 aliphatic heterocycles. The number of halogens is 4. The third-order valence-electron chi connectivity index (χ3n) is 5.16. The van der Waals surface area contributed by atoms with Crippen molar-refractivity contribution in [2.75, 3.05) is 10.6 Å². The van der Waals surface area contributed by atoms with E-state index in [1.54, 1.807) is 0 Å². The number of aromatic amines is 1. The second-order valence-corrected chi connectivity index (χ2v) is 7.87. The number of carbonyl (C=O) groups is 1. The number of benzene rings is 2. The Labute approximate surface area is 193 Å². The smallest absolute Gasteiger partial charge is 0.408 e. The van der Waals surface area contributed by atoms with E-state index in [0.717, 1.165) is 31.2 Å². The van der Waals surface area contributed by atoms with E-state index < -0.39 is 34.8 Å². The van der Waals surface area contributed by atoms with E-state index in [-0.39, 0.29) is 23.5 Å². The van der Waals surface area contributed by atoms with Crippen molar-refractivity contribution in [3.63, 3.8) is 0 Å². The van der Waals surface area contributed by atoms with Crippen LogP contribution in [0.1, 0.15) is 28.8 Å². The molecule has 1 aliphatic rings. The summed E-state index contributed by atoms with van der Waals surface area (Å²) in [6.45, 7) is 0. The van der Waals surface area contributed by atoms with Gasteiger partial charge < -0.3 is 20.4 Å². The Hall–Kier alpha value is -4.42. The summed E-state index contributed by atoms with van der Waals surface area (Å²) in [6, 6.07) is 7.52. The van der Waals surface area contributed by atoms with Crippen molar-refractivity contribution in [1.29, 1.82) is 0 Å². The van der Waals surface area contributed by atoms with Crippen molar-refractivity contribution in [3.8, 4) is 0 Å². The van der Waals surface area contributed by atoms with E-state index in [2.05, 4.69) is 30.9 Å². The standard InChI is InChI=1S/C22H16F4N6O3/c23-15-9-27-20(32-18(15)28-12-4-6-17-16(8-12)31-21(34)35-17)30-11-3-5-13(14(7-11)22(24,25)26)19(33)29-10-1-2-10/h3-10H,1-2H2,(H,29,33)(H,31,34)(H2,27,28,30,32). The Morgan fingerprint density at radius 1 is 1.09 bits per heavy atom. The predicted molar refractivity (Wildman–Crippen MR) is 117 cm³/mol. The highest BCUT2D eigenvalue weighted by molar-refractivity contribution is 5.96. The second-order valence-electron chi connectivity index (χ2n) is 7.87. The molecule has 0 unspecified atom stereocenters. The first-order valence-corrected chi connectivity index (χ1v) is 10.4. The van der Waals surface area contributed by atoms with Crippen LogP contribution in [0.5, 0.6) is 0 Å². The fourth-order valence-corrected chi connectivity index (χ4v) is 3.36. The molecule has 2 aromatic carbocycles. The Morgan fingerprint density at radius 3 is 2.57 bits per heavy atom. The minimum absolute atomic E-state index is 0.0461. The molecule has 1 aliphatic carbocycles. The molecule has 4 aromatic rings. The van der Waals surface area contributed by atoms with Crippen LogP contribution in [0.4, 0.5) is 40.7 Å². The molecular formula is C22H16F4N6O3. The predicted octanol–water partition coefficient (Wildman–Crippen LogP) is 4.45. The summed E-state index contributed by atoms with van der Waals surface area (Å²) < 4.78 is 60.1. The number of carbonyl (C=O) groups excluding carboxylic acids is 1. The number of rotatable bonds is 6. The number of aromatic nitrogens is 3. The monoisotopic (exact) mass is 488 g/mol. The van der Waals surface area contributed by atoms with E-state index in [0.29, 0.717) is 16.8 Å². The molecule has 35 heavy (non-hydrogen) atoms. The number of alkyl halides is 3. The van der Waals surface area contributed by atoms with Gasteiger partial charge in [0, 0.05) is 17.4 Å². The number of hydrogen-bond donors (Lipinski definition) is 4. The lowest BCUT2D eigenvalue weighted by molar-refractivity contribution is -0.137. The van der Waals surface area contributed by atoms with Gasteiger partial charge in [-0.3, -0.25) is 9.78 Å². The Kier molecular flexibility index (Phi) is 5.38. The maximum Gasteiger partial charge on any atom is 0.417 e. The van der Waals surface area contributed by atoms with Gasteiger partial charge in [-0.2, -0.15) is 18.2 Å².